The molecule has 0 aliphatic carbocycles. The van der Waals surface area contributed by atoms with Crippen LogP contribution in [0.5, 0.6) is 0 Å². The van der Waals surface area contributed by atoms with Gasteiger partial charge >= 0.3 is 0 Å². The summed E-state index contributed by atoms with van der Waals surface area (Å²) in [6.07, 6.45) is 0.944. The summed E-state index contributed by atoms with van der Waals surface area (Å²) in [6.45, 7) is 1.63. The number of hydrogen-bond donors (Lipinski definition) is 0. The van der Waals surface area contributed by atoms with E-state index in [9.17, 15) is 9.18 Å². The predicted octanol–water partition coefficient (Wildman–Crippen LogP) is 1.97. The lowest BCUT2D eigenvalue weighted by molar-refractivity contribution is -0.125. The Morgan fingerprint density at radius 2 is 2.14 bits per heavy atom. The summed E-state index contributed by atoms with van der Waals surface area (Å²) in [5, 5.41) is 0. The summed E-state index contributed by atoms with van der Waals surface area (Å²) >= 11 is 0. The number of carbonyl (C=O) groups excluding carboxylic acids is 1. The molecule has 0 saturated carbocycles. The Morgan fingerprint density at radius 3 is 2.64 bits per heavy atom. The molecule has 0 aliphatic rings. The normalized spacial score (nSPS) is 14.8. The van der Waals surface area contributed by atoms with Gasteiger partial charge in [-0.25, -0.2) is 4.39 Å². The summed E-state index contributed by atoms with van der Waals surface area (Å²) < 4.78 is 18.2. The Balaban J connectivity index is 2.87. The van der Waals surface area contributed by atoms with Gasteiger partial charge in [0.1, 0.15) is 11.4 Å². The van der Waals surface area contributed by atoms with Crippen LogP contribution in [0.1, 0.15) is 12.5 Å². The van der Waals surface area contributed by atoms with E-state index in [2.05, 4.69) is 0 Å². The largest absolute Gasteiger partial charge is 0.371 e. The van der Waals surface area contributed by atoms with Crippen LogP contribution < -0.4 is 0 Å². The molecular formula is C11H13FO2. The Hall–Kier alpha value is -1.22. The van der Waals surface area contributed by atoms with Gasteiger partial charge in [-0.2, -0.15) is 0 Å². The maximum atomic E-state index is 13.2. The van der Waals surface area contributed by atoms with Crippen LogP contribution in [0.3, 0.4) is 0 Å². The van der Waals surface area contributed by atoms with E-state index in [0.29, 0.717) is 11.8 Å². The Morgan fingerprint density at radius 1 is 1.50 bits per heavy atom. The SMILES string of the molecule is COC(C)(C=O)Cc1ccccc1F. The van der Waals surface area contributed by atoms with Crippen molar-refractivity contribution in [1.29, 1.82) is 0 Å². The molecule has 0 N–H and O–H groups in total. The van der Waals surface area contributed by atoms with Crippen molar-refractivity contribution >= 4 is 6.29 Å². The molecule has 14 heavy (non-hydrogen) atoms. The summed E-state index contributed by atoms with van der Waals surface area (Å²) in [7, 11) is 1.44. The maximum Gasteiger partial charge on any atom is 0.151 e. The van der Waals surface area contributed by atoms with E-state index in [1.807, 2.05) is 0 Å². The highest BCUT2D eigenvalue weighted by Gasteiger charge is 2.24. The lowest BCUT2D eigenvalue weighted by atomic mass is 9.97. The number of carbonyl (C=O) groups is 1. The second kappa shape index (κ2) is 4.33. The van der Waals surface area contributed by atoms with E-state index >= 15 is 0 Å². The lowest BCUT2D eigenvalue weighted by Gasteiger charge is -2.21. The molecule has 1 rings (SSSR count). The van der Waals surface area contributed by atoms with Crippen molar-refractivity contribution < 1.29 is 13.9 Å². The summed E-state index contributed by atoms with van der Waals surface area (Å²) in [6, 6.07) is 6.37. The van der Waals surface area contributed by atoms with Crippen molar-refractivity contribution in [1.82, 2.24) is 0 Å². The van der Waals surface area contributed by atoms with Gasteiger partial charge in [-0.05, 0) is 18.6 Å². The molecule has 0 bridgehead atoms. The highest BCUT2D eigenvalue weighted by molar-refractivity contribution is 5.62. The molecule has 3 heteroatoms. The molecule has 0 aliphatic heterocycles. The minimum Gasteiger partial charge on any atom is -0.371 e. The summed E-state index contributed by atoms with van der Waals surface area (Å²) in [5.74, 6) is -0.308. The quantitative estimate of drug-likeness (QED) is 0.688. The van der Waals surface area contributed by atoms with Crippen LogP contribution in [0.2, 0.25) is 0 Å². The Bertz CT molecular complexity index is 325. The van der Waals surface area contributed by atoms with Gasteiger partial charge in [0.25, 0.3) is 0 Å². The topological polar surface area (TPSA) is 26.3 Å². The zero-order chi connectivity index (χ0) is 10.6. The molecule has 1 aromatic carbocycles. The molecule has 1 unspecified atom stereocenters. The van der Waals surface area contributed by atoms with Crippen molar-refractivity contribution in [3.8, 4) is 0 Å². The second-order valence-electron chi connectivity index (χ2n) is 3.40. The van der Waals surface area contributed by atoms with Gasteiger partial charge in [0.15, 0.2) is 6.29 Å². The Labute approximate surface area is 82.7 Å². The predicted molar refractivity (Wildman–Crippen MR) is 51.6 cm³/mol. The zero-order valence-electron chi connectivity index (χ0n) is 8.29. The molecule has 0 radical (unpaired) electrons. The minimum absolute atomic E-state index is 0.250. The number of ether oxygens (including phenoxy) is 1. The average Bonchev–Trinajstić information content (AvgIpc) is 2.21. The molecule has 0 heterocycles. The molecule has 76 valence electrons. The van der Waals surface area contributed by atoms with Crippen molar-refractivity contribution in [2.45, 2.75) is 18.9 Å². The van der Waals surface area contributed by atoms with Crippen LogP contribution in [0.15, 0.2) is 24.3 Å². The van der Waals surface area contributed by atoms with E-state index in [1.165, 1.54) is 13.2 Å². The highest BCUT2D eigenvalue weighted by Crippen LogP contribution is 2.16. The van der Waals surface area contributed by atoms with Crippen LogP contribution in [0.25, 0.3) is 0 Å². The van der Waals surface area contributed by atoms with Gasteiger partial charge in [0.05, 0.1) is 0 Å². The second-order valence-corrected chi connectivity index (χ2v) is 3.40. The zero-order valence-corrected chi connectivity index (χ0v) is 8.29. The smallest absolute Gasteiger partial charge is 0.151 e. The average molecular weight is 196 g/mol. The van der Waals surface area contributed by atoms with E-state index in [1.54, 1.807) is 25.1 Å². The first-order valence-corrected chi connectivity index (χ1v) is 4.36. The minimum atomic E-state index is -0.942. The van der Waals surface area contributed by atoms with Gasteiger partial charge in [-0.3, -0.25) is 0 Å². The third-order valence-electron chi connectivity index (χ3n) is 2.21. The van der Waals surface area contributed by atoms with Crippen LogP contribution in [-0.4, -0.2) is 19.0 Å². The number of hydrogen-bond acceptors (Lipinski definition) is 2. The fraction of sp³-hybridized carbons (Fsp3) is 0.364. The van der Waals surface area contributed by atoms with Crippen molar-refractivity contribution in [3.63, 3.8) is 0 Å². The molecule has 0 fully saturated rings. The molecule has 0 spiro atoms. The molecule has 0 amide bonds. The molecule has 1 aromatic rings. The van der Waals surface area contributed by atoms with E-state index < -0.39 is 5.60 Å². The molecular weight excluding hydrogens is 183 g/mol. The monoisotopic (exact) mass is 196 g/mol. The van der Waals surface area contributed by atoms with Gasteiger partial charge in [-0.15, -0.1) is 0 Å². The number of methoxy groups -OCH3 is 1. The third kappa shape index (κ3) is 2.39. The third-order valence-corrected chi connectivity index (χ3v) is 2.21. The van der Waals surface area contributed by atoms with Crippen LogP contribution >= 0.6 is 0 Å². The maximum absolute atomic E-state index is 13.2. The van der Waals surface area contributed by atoms with Crippen LogP contribution in [-0.2, 0) is 16.0 Å². The molecule has 0 aromatic heterocycles. The van der Waals surface area contributed by atoms with Gasteiger partial charge in [-0.1, -0.05) is 18.2 Å². The lowest BCUT2D eigenvalue weighted by Crippen LogP contribution is -2.32. The first kappa shape index (κ1) is 10.9. The molecule has 1 atom stereocenters. The van der Waals surface area contributed by atoms with E-state index in [-0.39, 0.29) is 12.2 Å². The Kier molecular flexibility index (Phi) is 3.36. The van der Waals surface area contributed by atoms with Crippen molar-refractivity contribution in [3.05, 3.63) is 35.6 Å². The van der Waals surface area contributed by atoms with Crippen LogP contribution in [0, 0.1) is 5.82 Å². The number of aldehydes is 1. The summed E-state index contributed by atoms with van der Waals surface area (Å²) in [4.78, 5) is 10.7. The first-order chi connectivity index (χ1) is 6.61. The van der Waals surface area contributed by atoms with Gasteiger partial charge in [0, 0.05) is 13.5 Å². The highest BCUT2D eigenvalue weighted by atomic mass is 19.1. The standard InChI is InChI=1S/C11H13FO2/c1-11(8-13,14-2)7-9-5-3-4-6-10(9)12/h3-6,8H,7H2,1-2H3. The van der Waals surface area contributed by atoms with E-state index in [0.717, 1.165) is 0 Å². The van der Waals surface area contributed by atoms with Crippen LogP contribution in [0.4, 0.5) is 4.39 Å². The fourth-order valence-electron chi connectivity index (χ4n) is 1.18. The van der Waals surface area contributed by atoms with Gasteiger partial charge < -0.3 is 9.53 Å². The molecule has 0 saturated heterocycles. The fourth-order valence-corrected chi connectivity index (χ4v) is 1.18. The summed E-state index contributed by atoms with van der Waals surface area (Å²) in [5.41, 5.74) is -0.452. The van der Waals surface area contributed by atoms with Gasteiger partial charge in [0.2, 0.25) is 0 Å². The number of halogens is 1. The number of benzene rings is 1. The van der Waals surface area contributed by atoms with E-state index in [4.69, 9.17) is 4.74 Å². The first-order valence-electron chi connectivity index (χ1n) is 4.36. The van der Waals surface area contributed by atoms with Crippen molar-refractivity contribution in [2.24, 2.45) is 0 Å². The molecule has 2 nitrogen and oxygen atoms in total. The van der Waals surface area contributed by atoms with Crippen molar-refractivity contribution in [2.75, 3.05) is 7.11 Å². The number of rotatable bonds is 4.